The van der Waals surface area contributed by atoms with Gasteiger partial charge in [0.25, 0.3) is 0 Å². The number of rotatable bonds is 5. The normalized spacial score (nSPS) is 20.8. The van der Waals surface area contributed by atoms with E-state index in [4.69, 9.17) is 4.42 Å². The number of nitrogens with one attached hydrogen (secondary N) is 1. The second-order valence-corrected chi connectivity index (χ2v) is 5.09. The largest absolute Gasteiger partial charge is 0.468 e. The SMILES string of the molecule is CC(NCC1(N(C)C)CCC1)c1ccco1. The van der Waals surface area contributed by atoms with Gasteiger partial charge in [-0.3, -0.25) is 0 Å². The summed E-state index contributed by atoms with van der Waals surface area (Å²) in [7, 11) is 4.36. The maximum Gasteiger partial charge on any atom is 0.120 e. The molecule has 0 spiro atoms. The summed E-state index contributed by atoms with van der Waals surface area (Å²) < 4.78 is 5.40. The van der Waals surface area contributed by atoms with Crippen molar-refractivity contribution in [1.82, 2.24) is 10.2 Å². The Hall–Kier alpha value is -0.800. The predicted molar refractivity (Wildman–Crippen MR) is 65.4 cm³/mol. The lowest BCUT2D eigenvalue weighted by atomic mass is 9.75. The molecule has 0 aromatic carbocycles. The summed E-state index contributed by atoms with van der Waals surface area (Å²) >= 11 is 0. The van der Waals surface area contributed by atoms with Gasteiger partial charge < -0.3 is 14.6 Å². The molecule has 1 saturated carbocycles. The first kappa shape index (κ1) is 11.7. The Balaban J connectivity index is 1.87. The molecule has 1 N–H and O–H groups in total. The minimum atomic E-state index is 0.299. The molecule has 1 heterocycles. The van der Waals surface area contributed by atoms with Crippen LogP contribution in [0.25, 0.3) is 0 Å². The van der Waals surface area contributed by atoms with Gasteiger partial charge >= 0.3 is 0 Å². The van der Waals surface area contributed by atoms with Crippen LogP contribution in [0.15, 0.2) is 22.8 Å². The molecule has 16 heavy (non-hydrogen) atoms. The van der Waals surface area contributed by atoms with Gasteiger partial charge in [-0.2, -0.15) is 0 Å². The monoisotopic (exact) mass is 222 g/mol. The molecule has 1 aliphatic rings. The Morgan fingerprint density at radius 2 is 2.25 bits per heavy atom. The highest BCUT2D eigenvalue weighted by Gasteiger charge is 2.38. The lowest BCUT2D eigenvalue weighted by molar-refractivity contribution is 0.0569. The molecule has 0 radical (unpaired) electrons. The molecule has 0 bridgehead atoms. The molecule has 1 atom stereocenters. The number of hydrogen-bond acceptors (Lipinski definition) is 3. The van der Waals surface area contributed by atoms with Gasteiger partial charge in [-0.05, 0) is 52.4 Å². The van der Waals surface area contributed by atoms with Gasteiger partial charge in [-0.15, -0.1) is 0 Å². The van der Waals surface area contributed by atoms with Crippen LogP contribution in [-0.2, 0) is 0 Å². The van der Waals surface area contributed by atoms with Crippen molar-refractivity contribution in [2.45, 2.75) is 37.8 Å². The first-order chi connectivity index (χ1) is 7.64. The Bertz CT molecular complexity index is 315. The van der Waals surface area contributed by atoms with E-state index in [9.17, 15) is 0 Å². The van der Waals surface area contributed by atoms with Crippen LogP contribution in [-0.4, -0.2) is 31.1 Å². The maximum atomic E-state index is 5.40. The second kappa shape index (κ2) is 4.60. The van der Waals surface area contributed by atoms with E-state index >= 15 is 0 Å². The van der Waals surface area contributed by atoms with Crippen molar-refractivity contribution >= 4 is 0 Å². The summed E-state index contributed by atoms with van der Waals surface area (Å²) in [5.41, 5.74) is 0.376. The maximum absolute atomic E-state index is 5.40. The number of nitrogens with zero attached hydrogens (tertiary/aromatic N) is 1. The van der Waals surface area contributed by atoms with Crippen molar-refractivity contribution in [3.05, 3.63) is 24.2 Å². The average Bonchev–Trinajstić information content (AvgIpc) is 2.67. The first-order valence-electron chi connectivity index (χ1n) is 6.08. The zero-order valence-corrected chi connectivity index (χ0v) is 10.5. The molecule has 3 nitrogen and oxygen atoms in total. The highest BCUT2D eigenvalue weighted by Crippen LogP contribution is 2.35. The standard InChI is InChI=1S/C13H22N2O/c1-11(12-6-4-9-16-12)14-10-13(15(2)3)7-5-8-13/h4,6,9,11,14H,5,7-8,10H2,1-3H3. The van der Waals surface area contributed by atoms with E-state index in [1.54, 1.807) is 6.26 Å². The summed E-state index contributed by atoms with van der Waals surface area (Å²) in [4.78, 5) is 2.36. The fourth-order valence-corrected chi connectivity index (χ4v) is 2.35. The summed E-state index contributed by atoms with van der Waals surface area (Å²) in [6.07, 6.45) is 5.70. The van der Waals surface area contributed by atoms with Crippen LogP contribution in [0.3, 0.4) is 0 Å². The molecule has 90 valence electrons. The van der Waals surface area contributed by atoms with Crippen LogP contribution in [0, 0.1) is 0 Å². The fraction of sp³-hybridized carbons (Fsp3) is 0.692. The molecule has 1 aromatic rings. The van der Waals surface area contributed by atoms with Crippen LogP contribution in [0.1, 0.15) is 38.0 Å². The van der Waals surface area contributed by atoms with Crippen molar-refractivity contribution < 1.29 is 4.42 Å². The van der Waals surface area contributed by atoms with E-state index in [0.717, 1.165) is 12.3 Å². The molecule has 1 unspecified atom stereocenters. The fourth-order valence-electron chi connectivity index (χ4n) is 2.35. The first-order valence-corrected chi connectivity index (χ1v) is 6.08. The van der Waals surface area contributed by atoms with Gasteiger partial charge in [-0.25, -0.2) is 0 Å². The van der Waals surface area contributed by atoms with Crippen molar-refractivity contribution in [2.24, 2.45) is 0 Å². The van der Waals surface area contributed by atoms with Gasteiger partial charge in [0, 0.05) is 12.1 Å². The highest BCUT2D eigenvalue weighted by atomic mass is 16.3. The Morgan fingerprint density at radius 3 is 2.69 bits per heavy atom. The molecular formula is C13H22N2O. The van der Waals surface area contributed by atoms with Gasteiger partial charge in [0.1, 0.15) is 5.76 Å². The van der Waals surface area contributed by atoms with Gasteiger partial charge in [0.15, 0.2) is 0 Å². The highest BCUT2D eigenvalue weighted by molar-refractivity contribution is 5.05. The topological polar surface area (TPSA) is 28.4 Å². The summed E-state index contributed by atoms with van der Waals surface area (Å²) in [6.45, 7) is 3.20. The van der Waals surface area contributed by atoms with Crippen molar-refractivity contribution in [3.63, 3.8) is 0 Å². The van der Waals surface area contributed by atoms with Crippen molar-refractivity contribution in [3.8, 4) is 0 Å². The van der Waals surface area contributed by atoms with E-state index in [1.165, 1.54) is 19.3 Å². The van der Waals surface area contributed by atoms with Gasteiger partial charge in [0.2, 0.25) is 0 Å². The number of furan rings is 1. The van der Waals surface area contributed by atoms with E-state index < -0.39 is 0 Å². The van der Waals surface area contributed by atoms with Crippen LogP contribution >= 0.6 is 0 Å². The zero-order valence-electron chi connectivity index (χ0n) is 10.5. The third kappa shape index (κ3) is 2.15. The quantitative estimate of drug-likeness (QED) is 0.829. The third-order valence-corrected chi connectivity index (χ3v) is 3.94. The molecule has 0 amide bonds. The van der Waals surface area contributed by atoms with E-state index in [2.05, 4.69) is 31.2 Å². The third-order valence-electron chi connectivity index (χ3n) is 3.94. The van der Waals surface area contributed by atoms with Crippen LogP contribution in [0.5, 0.6) is 0 Å². The smallest absolute Gasteiger partial charge is 0.120 e. The van der Waals surface area contributed by atoms with Gasteiger partial charge in [0.05, 0.1) is 12.3 Å². The summed E-state index contributed by atoms with van der Waals surface area (Å²) in [5, 5.41) is 3.57. The van der Waals surface area contributed by atoms with Gasteiger partial charge in [-0.1, -0.05) is 0 Å². The molecule has 1 fully saturated rings. The summed E-state index contributed by atoms with van der Waals surface area (Å²) in [6, 6.07) is 4.27. The van der Waals surface area contributed by atoms with Crippen molar-refractivity contribution in [1.29, 1.82) is 0 Å². The number of hydrogen-bond donors (Lipinski definition) is 1. The predicted octanol–water partition coefficient (Wildman–Crippen LogP) is 2.41. The minimum absolute atomic E-state index is 0.299. The molecule has 0 saturated heterocycles. The molecule has 2 rings (SSSR count). The lowest BCUT2D eigenvalue weighted by Gasteiger charge is -2.48. The minimum Gasteiger partial charge on any atom is -0.468 e. The van der Waals surface area contributed by atoms with Crippen LogP contribution in [0.2, 0.25) is 0 Å². The molecule has 0 aliphatic heterocycles. The van der Waals surface area contributed by atoms with Crippen LogP contribution in [0.4, 0.5) is 0 Å². The summed E-state index contributed by atoms with van der Waals surface area (Å²) in [5.74, 6) is 1.02. The molecular weight excluding hydrogens is 200 g/mol. The van der Waals surface area contributed by atoms with Crippen LogP contribution < -0.4 is 5.32 Å². The Labute approximate surface area is 97.8 Å². The van der Waals surface area contributed by atoms with E-state index in [-0.39, 0.29) is 0 Å². The van der Waals surface area contributed by atoms with Crippen molar-refractivity contribution in [2.75, 3.05) is 20.6 Å². The lowest BCUT2D eigenvalue weighted by Crippen LogP contribution is -2.56. The number of likely N-dealkylation sites (N-methyl/N-ethyl adjacent to an activating group) is 1. The zero-order chi connectivity index (χ0) is 11.6. The average molecular weight is 222 g/mol. The molecule has 1 aliphatic carbocycles. The second-order valence-electron chi connectivity index (χ2n) is 5.09. The van der Waals surface area contributed by atoms with E-state index in [0.29, 0.717) is 11.6 Å². The molecule has 3 heteroatoms. The Kier molecular flexibility index (Phi) is 3.36. The van der Waals surface area contributed by atoms with E-state index in [1.807, 2.05) is 12.1 Å². The Morgan fingerprint density at radius 1 is 1.50 bits per heavy atom. The molecule has 1 aromatic heterocycles.